The van der Waals surface area contributed by atoms with Crippen LogP contribution in [0.15, 0.2) is 30.3 Å². The second kappa shape index (κ2) is 7.65. The number of carbonyl (C=O) groups excluding carboxylic acids is 1. The number of benzene rings is 2. The molecule has 1 aliphatic heterocycles. The van der Waals surface area contributed by atoms with E-state index in [1.54, 1.807) is 12.1 Å². The first-order valence-electron chi connectivity index (χ1n) is 7.07. The van der Waals surface area contributed by atoms with Crippen LogP contribution >= 0.6 is 23.2 Å². The van der Waals surface area contributed by atoms with Crippen molar-refractivity contribution in [1.29, 1.82) is 0 Å². The van der Waals surface area contributed by atoms with Crippen molar-refractivity contribution in [2.45, 2.75) is 12.5 Å². The average molecular weight is 374 g/mol. The predicted octanol–water partition coefficient (Wildman–Crippen LogP) is -0.356. The molecule has 0 amide bonds. The summed E-state index contributed by atoms with van der Waals surface area (Å²) in [5.74, 6) is -1.79. The van der Waals surface area contributed by atoms with Crippen molar-refractivity contribution in [3.63, 3.8) is 0 Å². The Morgan fingerprint density at radius 1 is 1.29 bits per heavy atom. The van der Waals surface area contributed by atoms with Crippen molar-refractivity contribution in [1.82, 2.24) is 4.90 Å². The van der Waals surface area contributed by atoms with E-state index in [0.29, 0.717) is 23.1 Å². The first-order valence-corrected chi connectivity index (χ1v) is 7.83. The van der Waals surface area contributed by atoms with Crippen molar-refractivity contribution in [3.05, 3.63) is 62.6 Å². The third-order valence-electron chi connectivity index (χ3n) is 4.14. The number of likely N-dealkylation sites (N-methyl/N-ethyl adjacent to an activating group) is 1. The number of aromatic hydroxyl groups is 1. The standard InChI is InChI=1S/C17H15Cl2NO3.Na/c1-20-7-13(9-2-3-16(21)12(4-9)17(22)23)11-5-10(18)6-15(19)14(11)8-20;/h2-6,13,21H,7-8H2,1H3,(H,22,23);/q;+1/p-1. The Morgan fingerprint density at radius 2 is 2.00 bits per heavy atom. The summed E-state index contributed by atoms with van der Waals surface area (Å²) in [5, 5.41) is 22.0. The van der Waals surface area contributed by atoms with Crippen LogP contribution in [0.2, 0.25) is 10.0 Å². The molecule has 1 N–H and O–H groups in total. The number of aromatic carboxylic acids is 1. The van der Waals surface area contributed by atoms with Gasteiger partial charge < -0.3 is 19.9 Å². The molecule has 0 saturated heterocycles. The molecule has 2 aromatic rings. The fraction of sp³-hybridized carbons (Fsp3) is 0.235. The molecule has 1 aliphatic rings. The molecule has 0 fully saturated rings. The van der Waals surface area contributed by atoms with Gasteiger partial charge in [-0.1, -0.05) is 29.3 Å². The van der Waals surface area contributed by atoms with Gasteiger partial charge in [-0.25, -0.2) is 0 Å². The molecular weight excluding hydrogens is 360 g/mol. The van der Waals surface area contributed by atoms with E-state index in [2.05, 4.69) is 4.90 Å². The van der Waals surface area contributed by atoms with Gasteiger partial charge in [0, 0.05) is 34.6 Å². The van der Waals surface area contributed by atoms with Crippen molar-refractivity contribution in [3.8, 4) is 5.75 Å². The number of hydrogen-bond donors (Lipinski definition) is 1. The number of fused-ring (bicyclic) bond motifs is 1. The van der Waals surface area contributed by atoms with E-state index in [9.17, 15) is 15.0 Å². The molecule has 0 bridgehead atoms. The molecule has 7 heteroatoms. The van der Waals surface area contributed by atoms with Crippen molar-refractivity contribution in [2.75, 3.05) is 13.6 Å². The zero-order valence-electron chi connectivity index (χ0n) is 13.3. The number of hydrogen-bond acceptors (Lipinski definition) is 4. The van der Waals surface area contributed by atoms with Gasteiger partial charge in [0.2, 0.25) is 0 Å². The zero-order valence-corrected chi connectivity index (χ0v) is 16.9. The number of halogens is 2. The van der Waals surface area contributed by atoms with Crippen LogP contribution in [0.4, 0.5) is 0 Å². The second-order valence-electron chi connectivity index (χ2n) is 5.77. The predicted molar refractivity (Wildman–Crippen MR) is 87.1 cm³/mol. The van der Waals surface area contributed by atoms with Crippen LogP contribution in [0.3, 0.4) is 0 Å². The number of phenols is 1. The minimum absolute atomic E-state index is 0. The van der Waals surface area contributed by atoms with Gasteiger partial charge in [0.1, 0.15) is 5.75 Å². The Bertz CT molecular complexity index is 798. The Balaban J connectivity index is 0.00000208. The molecule has 1 atom stereocenters. The second-order valence-corrected chi connectivity index (χ2v) is 6.61. The Morgan fingerprint density at radius 3 is 2.67 bits per heavy atom. The quantitative estimate of drug-likeness (QED) is 0.730. The summed E-state index contributed by atoms with van der Waals surface area (Å²) in [6.45, 7) is 1.40. The molecule has 0 aromatic heterocycles. The zero-order chi connectivity index (χ0) is 16.7. The van der Waals surface area contributed by atoms with Crippen LogP contribution < -0.4 is 34.7 Å². The van der Waals surface area contributed by atoms with E-state index in [0.717, 1.165) is 16.7 Å². The fourth-order valence-electron chi connectivity index (χ4n) is 3.06. The van der Waals surface area contributed by atoms with Crippen molar-refractivity contribution in [2.24, 2.45) is 0 Å². The number of rotatable bonds is 2. The molecule has 0 aliphatic carbocycles. The van der Waals surface area contributed by atoms with Gasteiger partial charge in [0.05, 0.1) is 5.97 Å². The topological polar surface area (TPSA) is 63.6 Å². The number of carboxylic acids is 1. The van der Waals surface area contributed by atoms with E-state index in [4.69, 9.17) is 23.2 Å². The van der Waals surface area contributed by atoms with E-state index >= 15 is 0 Å². The Hall–Kier alpha value is -0.750. The van der Waals surface area contributed by atoms with Crippen LogP contribution in [-0.4, -0.2) is 29.6 Å². The summed E-state index contributed by atoms with van der Waals surface area (Å²) < 4.78 is 0. The first kappa shape index (κ1) is 19.6. The molecule has 1 heterocycles. The Labute approximate surface area is 172 Å². The Kier molecular flexibility index (Phi) is 6.24. The molecule has 24 heavy (non-hydrogen) atoms. The van der Waals surface area contributed by atoms with Gasteiger partial charge in [0.15, 0.2) is 0 Å². The SMILES string of the molecule is CN1Cc2c(Cl)cc(Cl)cc2C(c2ccc(O)c(C(=O)[O-])c2)C1.[Na+]. The number of carbonyl (C=O) groups is 1. The van der Waals surface area contributed by atoms with E-state index in [1.807, 2.05) is 13.1 Å². The maximum Gasteiger partial charge on any atom is 1.00 e. The van der Waals surface area contributed by atoms with Gasteiger partial charge in [-0.3, -0.25) is 0 Å². The largest absolute Gasteiger partial charge is 1.00 e. The molecule has 120 valence electrons. The average Bonchev–Trinajstić information content (AvgIpc) is 2.48. The molecule has 2 aromatic carbocycles. The first-order chi connectivity index (χ1) is 10.9. The van der Waals surface area contributed by atoms with Gasteiger partial charge >= 0.3 is 29.6 Å². The van der Waals surface area contributed by atoms with E-state index in [-0.39, 0.29) is 46.8 Å². The fourth-order valence-corrected chi connectivity index (χ4v) is 3.63. The van der Waals surface area contributed by atoms with Gasteiger partial charge in [-0.2, -0.15) is 0 Å². The summed E-state index contributed by atoms with van der Waals surface area (Å²) in [7, 11) is 1.97. The normalized spacial score (nSPS) is 17.0. The molecule has 0 radical (unpaired) electrons. The molecular formula is C17H14Cl2NNaO3. The van der Waals surface area contributed by atoms with Gasteiger partial charge in [-0.05, 0) is 48.0 Å². The third kappa shape index (κ3) is 3.74. The van der Waals surface area contributed by atoms with Gasteiger partial charge in [0.25, 0.3) is 0 Å². The van der Waals surface area contributed by atoms with Crippen molar-refractivity contribution < 1.29 is 44.6 Å². The summed E-state index contributed by atoms with van der Waals surface area (Å²) in [6, 6.07) is 8.12. The van der Waals surface area contributed by atoms with Crippen LogP contribution in [0.1, 0.15) is 33.0 Å². The number of carboxylic acid groups (broad SMARTS) is 1. The summed E-state index contributed by atoms with van der Waals surface area (Å²) in [5.41, 5.74) is 2.52. The smallest absolute Gasteiger partial charge is 0.545 e. The summed E-state index contributed by atoms with van der Waals surface area (Å²) >= 11 is 12.5. The van der Waals surface area contributed by atoms with Crippen LogP contribution in [0.25, 0.3) is 0 Å². The summed E-state index contributed by atoms with van der Waals surface area (Å²) in [4.78, 5) is 13.3. The number of nitrogens with zero attached hydrogens (tertiary/aromatic N) is 1. The minimum atomic E-state index is -1.40. The van der Waals surface area contributed by atoms with Crippen LogP contribution in [0.5, 0.6) is 5.75 Å². The molecule has 1 unspecified atom stereocenters. The van der Waals surface area contributed by atoms with Crippen LogP contribution in [0, 0.1) is 0 Å². The third-order valence-corrected chi connectivity index (χ3v) is 4.69. The van der Waals surface area contributed by atoms with Crippen molar-refractivity contribution >= 4 is 29.2 Å². The summed E-state index contributed by atoms with van der Waals surface area (Å²) in [6.07, 6.45) is 0. The molecule has 0 saturated carbocycles. The molecule has 3 rings (SSSR count). The van der Waals surface area contributed by atoms with E-state index < -0.39 is 5.97 Å². The minimum Gasteiger partial charge on any atom is -0.545 e. The maximum atomic E-state index is 11.2. The molecule has 0 spiro atoms. The maximum absolute atomic E-state index is 11.2. The molecule has 4 nitrogen and oxygen atoms in total. The monoisotopic (exact) mass is 373 g/mol. The van der Waals surface area contributed by atoms with E-state index in [1.165, 1.54) is 12.1 Å². The van der Waals surface area contributed by atoms with Gasteiger partial charge in [-0.15, -0.1) is 0 Å². The van der Waals surface area contributed by atoms with Crippen LogP contribution in [-0.2, 0) is 6.54 Å².